The van der Waals surface area contributed by atoms with Crippen molar-refractivity contribution in [2.45, 2.75) is 73.4 Å². The van der Waals surface area contributed by atoms with Gasteiger partial charge in [0.2, 0.25) is 0 Å². The SMILES string of the molecule is Cc1ccc(C(C)N(CCC(C)(C)C)C(C)(C)C)nc1. The molecule has 1 atom stereocenters. The van der Waals surface area contributed by atoms with E-state index in [4.69, 9.17) is 0 Å². The number of aromatic nitrogens is 1. The van der Waals surface area contributed by atoms with Gasteiger partial charge in [-0.25, -0.2) is 0 Å². The standard InChI is InChI=1S/C18H32N2/c1-14-9-10-16(19-13-14)15(2)20(18(6,7)8)12-11-17(3,4)5/h9-10,13,15H,11-12H2,1-8H3. The Kier molecular flexibility index (Phi) is 5.37. The van der Waals surface area contributed by atoms with Crippen molar-refractivity contribution < 1.29 is 0 Å². The lowest BCUT2D eigenvalue weighted by Gasteiger charge is -2.41. The van der Waals surface area contributed by atoms with Gasteiger partial charge in [-0.2, -0.15) is 0 Å². The first-order valence-corrected chi connectivity index (χ1v) is 7.70. The third-order valence-corrected chi connectivity index (χ3v) is 3.79. The highest BCUT2D eigenvalue weighted by atomic mass is 15.2. The first-order chi connectivity index (χ1) is 9.00. The molecular weight excluding hydrogens is 244 g/mol. The Labute approximate surface area is 125 Å². The molecule has 0 saturated carbocycles. The van der Waals surface area contributed by atoms with Crippen molar-refractivity contribution in [1.82, 2.24) is 9.88 Å². The van der Waals surface area contributed by atoms with Crippen LogP contribution in [0.4, 0.5) is 0 Å². The predicted octanol–water partition coefficient (Wildman–Crippen LogP) is 4.99. The lowest BCUT2D eigenvalue weighted by Crippen LogP contribution is -2.44. The van der Waals surface area contributed by atoms with Crippen molar-refractivity contribution in [2.75, 3.05) is 6.54 Å². The van der Waals surface area contributed by atoms with Crippen molar-refractivity contribution in [3.63, 3.8) is 0 Å². The molecule has 1 rings (SSSR count). The fraction of sp³-hybridized carbons (Fsp3) is 0.722. The van der Waals surface area contributed by atoms with E-state index in [2.05, 4.69) is 77.4 Å². The van der Waals surface area contributed by atoms with Crippen LogP contribution in [0.2, 0.25) is 0 Å². The van der Waals surface area contributed by atoms with Crippen molar-refractivity contribution in [1.29, 1.82) is 0 Å². The van der Waals surface area contributed by atoms with Gasteiger partial charge in [-0.3, -0.25) is 9.88 Å². The maximum Gasteiger partial charge on any atom is 0.0572 e. The molecule has 1 aromatic heterocycles. The van der Waals surface area contributed by atoms with E-state index in [1.54, 1.807) is 0 Å². The molecule has 1 aromatic rings. The first kappa shape index (κ1) is 17.2. The van der Waals surface area contributed by atoms with E-state index in [9.17, 15) is 0 Å². The summed E-state index contributed by atoms with van der Waals surface area (Å²) in [6.45, 7) is 19.3. The summed E-state index contributed by atoms with van der Waals surface area (Å²) in [5.41, 5.74) is 2.90. The second-order valence-electron chi connectivity index (χ2n) is 8.11. The fourth-order valence-electron chi connectivity index (χ4n) is 2.45. The molecule has 0 bridgehead atoms. The van der Waals surface area contributed by atoms with Gasteiger partial charge in [0.25, 0.3) is 0 Å². The Balaban J connectivity index is 2.90. The van der Waals surface area contributed by atoms with E-state index >= 15 is 0 Å². The summed E-state index contributed by atoms with van der Waals surface area (Å²) >= 11 is 0. The highest BCUT2D eigenvalue weighted by Gasteiger charge is 2.28. The molecule has 0 fully saturated rings. The van der Waals surface area contributed by atoms with E-state index in [1.807, 2.05) is 6.20 Å². The fourth-order valence-corrected chi connectivity index (χ4v) is 2.45. The van der Waals surface area contributed by atoms with Gasteiger partial charge < -0.3 is 0 Å². The van der Waals surface area contributed by atoms with Gasteiger partial charge in [0.05, 0.1) is 5.69 Å². The largest absolute Gasteiger partial charge is 0.290 e. The van der Waals surface area contributed by atoms with Crippen LogP contribution in [0.5, 0.6) is 0 Å². The average molecular weight is 276 g/mol. The summed E-state index contributed by atoms with van der Waals surface area (Å²) in [5, 5.41) is 0. The van der Waals surface area contributed by atoms with Gasteiger partial charge in [0.15, 0.2) is 0 Å². The zero-order valence-corrected chi connectivity index (χ0v) is 14.6. The van der Waals surface area contributed by atoms with E-state index in [0.29, 0.717) is 11.5 Å². The predicted molar refractivity (Wildman–Crippen MR) is 87.9 cm³/mol. The van der Waals surface area contributed by atoms with Gasteiger partial charge in [0.1, 0.15) is 0 Å². The molecule has 2 nitrogen and oxygen atoms in total. The second-order valence-corrected chi connectivity index (χ2v) is 8.11. The van der Waals surface area contributed by atoms with Crippen LogP contribution in [0.15, 0.2) is 18.3 Å². The van der Waals surface area contributed by atoms with Crippen LogP contribution in [-0.2, 0) is 0 Å². The molecule has 20 heavy (non-hydrogen) atoms. The number of hydrogen-bond donors (Lipinski definition) is 0. The third-order valence-electron chi connectivity index (χ3n) is 3.79. The smallest absolute Gasteiger partial charge is 0.0572 e. The second kappa shape index (κ2) is 6.26. The maximum atomic E-state index is 4.62. The lowest BCUT2D eigenvalue weighted by atomic mass is 9.90. The Morgan fingerprint density at radius 2 is 1.70 bits per heavy atom. The van der Waals surface area contributed by atoms with E-state index < -0.39 is 0 Å². The van der Waals surface area contributed by atoms with Gasteiger partial charge in [-0.1, -0.05) is 26.8 Å². The lowest BCUT2D eigenvalue weighted by molar-refractivity contribution is 0.0742. The van der Waals surface area contributed by atoms with Gasteiger partial charge in [-0.05, 0) is 64.6 Å². The van der Waals surface area contributed by atoms with Crippen molar-refractivity contribution in [2.24, 2.45) is 5.41 Å². The molecule has 0 aliphatic carbocycles. The molecule has 0 radical (unpaired) electrons. The highest BCUT2D eigenvalue weighted by molar-refractivity contribution is 5.15. The van der Waals surface area contributed by atoms with Gasteiger partial charge in [0, 0.05) is 17.8 Å². The summed E-state index contributed by atoms with van der Waals surface area (Å²) in [5.74, 6) is 0. The van der Waals surface area contributed by atoms with Crippen LogP contribution in [0.3, 0.4) is 0 Å². The van der Waals surface area contributed by atoms with Gasteiger partial charge in [-0.15, -0.1) is 0 Å². The quantitative estimate of drug-likeness (QED) is 0.770. The molecule has 0 aliphatic heterocycles. The molecule has 2 heteroatoms. The Morgan fingerprint density at radius 3 is 2.10 bits per heavy atom. The topological polar surface area (TPSA) is 16.1 Å². The van der Waals surface area contributed by atoms with Crippen molar-refractivity contribution in [3.05, 3.63) is 29.6 Å². The van der Waals surface area contributed by atoms with Crippen LogP contribution in [0.25, 0.3) is 0 Å². The number of pyridine rings is 1. The summed E-state index contributed by atoms with van der Waals surface area (Å²) in [6.07, 6.45) is 3.16. The van der Waals surface area contributed by atoms with Crippen LogP contribution >= 0.6 is 0 Å². The number of hydrogen-bond acceptors (Lipinski definition) is 2. The van der Waals surface area contributed by atoms with E-state index in [-0.39, 0.29) is 5.54 Å². The molecule has 114 valence electrons. The van der Waals surface area contributed by atoms with Crippen LogP contribution in [0, 0.1) is 12.3 Å². The Hall–Kier alpha value is -0.890. The Morgan fingerprint density at radius 1 is 1.10 bits per heavy atom. The molecule has 0 aliphatic rings. The number of rotatable bonds is 4. The molecule has 1 unspecified atom stereocenters. The van der Waals surface area contributed by atoms with Gasteiger partial charge >= 0.3 is 0 Å². The first-order valence-electron chi connectivity index (χ1n) is 7.70. The minimum Gasteiger partial charge on any atom is -0.290 e. The average Bonchev–Trinajstić information content (AvgIpc) is 2.26. The summed E-state index contributed by atoms with van der Waals surface area (Å²) in [6, 6.07) is 4.66. The molecule has 0 amide bonds. The molecule has 0 spiro atoms. The Bertz CT molecular complexity index is 407. The monoisotopic (exact) mass is 276 g/mol. The van der Waals surface area contributed by atoms with Crippen LogP contribution < -0.4 is 0 Å². The third kappa shape index (κ3) is 5.24. The van der Waals surface area contributed by atoms with Crippen molar-refractivity contribution in [3.8, 4) is 0 Å². The molecule has 0 saturated heterocycles. The van der Waals surface area contributed by atoms with E-state index in [0.717, 1.165) is 6.54 Å². The molecule has 0 aromatic carbocycles. The minimum absolute atomic E-state index is 0.150. The minimum atomic E-state index is 0.150. The summed E-state index contributed by atoms with van der Waals surface area (Å²) < 4.78 is 0. The maximum absolute atomic E-state index is 4.62. The van der Waals surface area contributed by atoms with E-state index in [1.165, 1.54) is 17.7 Å². The molecule has 1 heterocycles. The van der Waals surface area contributed by atoms with Crippen molar-refractivity contribution >= 4 is 0 Å². The molecular formula is C18H32N2. The van der Waals surface area contributed by atoms with Crippen LogP contribution in [-0.4, -0.2) is 22.0 Å². The molecule has 0 N–H and O–H groups in total. The van der Waals surface area contributed by atoms with Crippen LogP contribution in [0.1, 0.15) is 72.2 Å². The summed E-state index contributed by atoms with van der Waals surface area (Å²) in [7, 11) is 0. The normalized spacial score (nSPS) is 14.7. The number of nitrogens with zero attached hydrogens (tertiary/aromatic N) is 2. The zero-order valence-electron chi connectivity index (χ0n) is 14.6. The summed E-state index contributed by atoms with van der Waals surface area (Å²) in [4.78, 5) is 7.18. The zero-order chi connectivity index (χ0) is 15.6. The highest BCUT2D eigenvalue weighted by Crippen LogP contribution is 2.29. The number of aryl methyl sites for hydroxylation is 1.